The zero-order valence-corrected chi connectivity index (χ0v) is 18.3. The maximum absolute atomic E-state index is 11.5. The van der Waals surface area contributed by atoms with Crippen LogP contribution in [-0.4, -0.2) is 38.1 Å². The molecule has 0 heterocycles. The van der Waals surface area contributed by atoms with Crippen molar-refractivity contribution in [2.45, 2.75) is 83.8 Å². The Morgan fingerprint density at radius 3 is 2.17 bits per heavy atom. The molecule has 4 rings (SSSR count). The zero-order chi connectivity index (χ0) is 24.0. The van der Waals surface area contributed by atoms with Gasteiger partial charge in [-0.15, -0.1) is 0 Å². The average Bonchev–Trinajstić information content (AvgIpc) is 2.76. The molecule has 0 aromatic rings. The molecule has 168 valence electrons. The first kappa shape index (κ1) is 18.3. The molecule has 0 aromatic heterocycles. The Hall–Kier alpha value is -0.260. The summed E-state index contributed by atoms with van der Waals surface area (Å²) in [7, 11) is -9.53. The molecule has 4 saturated carbocycles. The van der Waals surface area contributed by atoms with Crippen molar-refractivity contribution in [1.82, 2.24) is 0 Å². The number of hydrogen-bond donors (Lipinski definition) is 2. The monoisotopic (exact) mass is 455 g/mol. The lowest BCUT2D eigenvalue weighted by atomic mass is 9.45. The summed E-state index contributed by atoms with van der Waals surface area (Å²) in [6.45, 7) is 3.90. The Kier molecular flexibility index (Phi) is 4.51. The first-order chi connectivity index (χ1) is 14.4. The Bertz CT molecular complexity index is 989. The van der Waals surface area contributed by atoms with E-state index in [0.717, 1.165) is 12.8 Å². The molecule has 0 aromatic carbocycles. The molecule has 0 saturated heterocycles. The molecule has 2 N–H and O–H groups in total. The summed E-state index contributed by atoms with van der Waals surface area (Å²) in [4.78, 5) is 0. The van der Waals surface area contributed by atoms with Crippen molar-refractivity contribution in [3.8, 4) is 0 Å². The second-order valence-electron chi connectivity index (χ2n) is 9.75. The number of fused-ring (bicyclic) bond motifs is 5. The SMILES string of the molecule is [2H]C1([2H])C[C@H]2[C@@H]3CC[C@H]4C[C@H](OS(=O)(=O)O)CC[C@]4(C)[C@H]3CC[C@]2(C)[C@@]1([2H])OS(=O)(=O)O. The van der Waals surface area contributed by atoms with E-state index in [9.17, 15) is 21.4 Å². The van der Waals surface area contributed by atoms with E-state index in [4.69, 9.17) is 17.0 Å². The number of rotatable bonds is 4. The van der Waals surface area contributed by atoms with Crippen LogP contribution in [0.4, 0.5) is 0 Å². The predicted octanol–water partition coefficient (Wildman–Crippen LogP) is 3.41. The second-order valence-corrected chi connectivity index (χ2v) is 11.8. The third kappa shape index (κ3) is 4.01. The van der Waals surface area contributed by atoms with Gasteiger partial charge in [0.25, 0.3) is 0 Å². The summed E-state index contributed by atoms with van der Waals surface area (Å²) >= 11 is 0. The highest BCUT2D eigenvalue weighted by Gasteiger charge is 2.61. The molecule has 0 aliphatic heterocycles. The van der Waals surface area contributed by atoms with Gasteiger partial charge in [0, 0.05) is 2.74 Å². The van der Waals surface area contributed by atoms with E-state index in [1.165, 1.54) is 0 Å². The average molecular weight is 456 g/mol. The van der Waals surface area contributed by atoms with E-state index in [2.05, 4.69) is 6.92 Å². The Balaban J connectivity index is 1.61. The van der Waals surface area contributed by atoms with Gasteiger partial charge in [-0.25, -0.2) is 8.37 Å². The molecule has 4 aliphatic rings. The quantitative estimate of drug-likeness (QED) is 0.617. The van der Waals surface area contributed by atoms with E-state index in [1.807, 2.05) is 0 Å². The molecule has 0 unspecified atom stereocenters. The van der Waals surface area contributed by atoms with Crippen molar-refractivity contribution in [3.05, 3.63) is 0 Å². The van der Waals surface area contributed by atoms with Crippen molar-refractivity contribution < 1.29 is 38.4 Å². The molecular formula is C19H32O8S2. The minimum Gasteiger partial charge on any atom is -0.264 e. The zero-order valence-electron chi connectivity index (χ0n) is 19.7. The Morgan fingerprint density at radius 2 is 1.52 bits per heavy atom. The molecule has 10 heteroatoms. The van der Waals surface area contributed by atoms with Crippen molar-refractivity contribution in [2.24, 2.45) is 34.5 Å². The lowest BCUT2D eigenvalue weighted by molar-refractivity contribution is -0.129. The Morgan fingerprint density at radius 1 is 0.897 bits per heavy atom. The third-order valence-corrected chi connectivity index (χ3v) is 9.35. The predicted molar refractivity (Wildman–Crippen MR) is 105 cm³/mol. The van der Waals surface area contributed by atoms with Crippen LogP contribution in [-0.2, 0) is 29.2 Å². The lowest BCUT2D eigenvalue weighted by Gasteiger charge is -2.60. The second kappa shape index (κ2) is 7.13. The standard InChI is InChI=1S/C19H32O8S2/c1-18-9-7-13(26-28(20,21)22)11-12(18)3-4-14-15-5-6-17(27-29(23,24)25)19(15,2)10-8-16(14)18/h12-17H,3-11H2,1-2H3,(H,20,21,22)(H,23,24,25)/t12-,13+,14-,15-,16-,17-,18-,19-/m0/s1/i6D2,17D. The first-order valence-corrected chi connectivity index (χ1v) is 13.0. The van der Waals surface area contributed by atoms with Crippen LogP contribution >= 0.6 is 0 Å². The highest BCUT2D eigenvalue weighted by molar-refractivity contribution is 7.81. The van der Waals surface area contributed by atoms with Gasteiger partial charge in [-0.1, -0.05) is 13.8 Å². The van der Waals surface area contributed by atoms with Crippen LogP contribution in [0.1, 0.15) is 75.7 Å². The molecule has 0 spiro atoms. The van der Waals surface area contributed by atoms with E-state index in [-0.39, 0.29) is 35.5 Å². The summed E-state index contributed by atoms with van der Waals surface area (Å²) in [5, 5.41) is 0. The molecule has 8 nitrogen and oxygen atoms in total. The summed E-state index contributed by atoms with van der Waals surface area (Å²) in [6.07, 6.45) is -0.920. The normalized spacial score (nSPS) is 53.7. The van der Waals surface area contributed by atoms with E-state index in [1.54, 1.807) is 6.92 Å². The topological polar surface area (TPSA) is 127 Å². The lowest BCUT2D eigenvalue weighted by Crippen LogP contribution is -2.54. The fourth-order valence-corrected chi connectivity index (χ4v) is 8.07. The summed E-state index contributed by atoms with van der Waals surface area (Å²) < 4.78 is 99.0. The molecule has 29 heavy (non-hydrogen) atoms. The van der Waals surface area contributed by atoms with Gasteiger partial charge in [0.05, 0.1) is 13.6 Å². The van der Waals surface area contributed by atoms with Crippen molar-refractivity contribution >= 4 is 20.8 Å². The smallest absolute Gasteiger partial charge is 0.264 e. The van der Waals surface area contributed by atoms with Gasteiger partial charge in [-0.3, -0.25) is 9.11 Å². The van der Waals surface area contributed by atoms with E-state index >= 15 is 0 Å². The highest BCUT2D eigenvalue weighted by atomic mass is 32.3. The maximum atomic E-state index is 11.5. The molecular weight excluding hydrogens is 420 g/mol. The van der Waals surface area contributed by atoms with Gasteiger partial charge in [0.15, 0.2) is 0 Å². The summed E-state index contributed by atoms with van der Waals surface area (Å²) in [5.74, 6) is 0.206. The van der Waals surface area contributed by atoms with Crippen LogP contribution < -0.4 is 0 Å². The largest absolute Gasteiger partial charge is 0.397 e. The minimum absolute atomic E-state index is 0.0150. The van der Waals surface area contributed by atoms with Gasteiger partial charge >= 0.3 is 20.8 Å². The molecule has 4 aliphatic carbocycles. The van der Waals surface area contributed by atoms with Gasteiger partial charge < -0.3 is 0 Å². The van der Waals surface area contributed by atoms with Crippen LogP contribution in [0.5, 0.6) is 0 Å². The van der Waals surface area contributed by atoms with Crippen LogP contribution in [0.2, 0.25) is 0 Å². The van der Waals surface area contributed by atoms with Crippen LogP contribution in [0.25, 0.3) is 0 Å². The third-order valence-electron chi connectivity index (χ3n) is 8.45. The minimum atomic E-state index is -5.02. The molecule has 8 atom stereocenters. The number of hydrogen-bond acceptors (Lipinski definition) is 6. The highest BCUT2D eigenvalue weighted by Crippen LogP contribution is 2.66. The van der Waals surface area contributed by atoms with Gasteiger partial charge in [0.2, 0.25) is 0 Å². The van der Waals surface area contributed by atoms with Crippen LogP contribution in [0.15, 0.2) is 0 Å². The van der Waals surface area contributed by atoms with E-state index < -0.39 is 44.8 Å². The van der Waals surface area contributed by atoms with Gasteiger partial charge in [-0.05, 0) is 92.2 Å². The van der Waals surface area contributed by atoms with Crippen molar-refractivity contribution in [3.63, 3.8) is 0 Å². The van der Waals surface area contributed by atoms with E-state index in [0.29, 0.717) is 32.1 Å². The molecule has 0 bridgehead atoms. The Labute approximate surface area is 177 Å². The first-order valence-electron chi connectivity index (χ1n) is 11.8. The van der Waals surface area contributed by atoms with Crippen LogP contribution in [0.3, 0.4) is 0 Å². The summed E-state index contributed by atoms with van der Waals surface area (Å²) in [6, 6.07) is 0. The van der Waals surface area contributed by atoms with Crippen molar-refractivity contribution in [2.75, 3.05) is 0 Å². The van der Waals surface area contributed by atoms with Gasteiger partial charge in [0.1, 0.15) is 0 Å². The summed E-state index contributed by atoms with van der Waals surface area (Å²) in [5.41, 5.74) is -1.20. The maximum Gasteiger partial charge on any atom is 0.397 e. The van der Waals surface area contributed by atoms with Crippen molar-refractivity contribution in [1.29, 1.82) is 0 Å². The fourth-order valence-electron chi connectivity index (χ4n) is 7.09. The fraction of sp³-hybridized carbons (Fsp3) is 1.00. The van der Waals surface area contributed by atoms with Crippen LogP contribution in [0, 0.1) is 34.5 Å². The van der Waals surface area contributed by atoms with Gasteiger partial charge in [-0.2, -0.15) is 16.8 Å². The molecule has 0 amide bonds. The molecule has 0 radical (unpaired) electrons. The molecule has 4 fully saturated rings.